The lowest BCUT2D eigenvalue weighted by atomic mass is 10.2. The normalized spacial score (nSPS) is 20.6. The summed E-state index contributed by atoms with van der Waals surface area (Å²) >= 11 is 7.17. The molecule has 1 atom stereocenters. The van der Waals surface area contributed by atoms with E-state index in [-0.39, 0.29) is 5.91 Å². The van der Waals surface area contributed by atoms with E-state index in [4.69, 9.17) is 20.8 Å². The first-order valence-corrected chi connectivity index (χ1v) is 10.9. The van der Waals surface area contributed by atoms with Crippen molar-refractivity contribution in [3.63, 3.8) is 0 Å². The predicted molar refractivity (Wildman–Crippen MR) is 107 cm³/mol. The number of piperazine rings is 1. The summed E-state index contributed by atoms with van der Waals surface area (Å²) < 4.78 is 11.3. The molecule has 28 heavy (non-hydrogen) atoms. The molecule has 9 heteroatoms. The van der Waals surface area contributed by atoms with Gasteiger partial charge in [-0.2, -0.15) is 0 Å². The number of hydrogen-bond donors (Lipinski definition) is 0. The first kappa shape index (κ1) is 19.7. The van der Waals surface area contributed by atoms with Crippen LogP contribution in [0.2, 0.25) is 5.02 Å². The summed E-state index contributed by atoms with van der Waals surface area (Å²) in [6.45, 7) is 5.18. The Morgan fingerprint density at radius 3 is 2.68 bits per heavy atom. The zero-order chi connectivity index (χ0) is 19.3. The number of hydrogen-bond acceptors (Lipinski definition) is 7. The molecule has 7 nitrogen and oxygen atoms in total. The molecule has 0 spiro atoms. The molecule has 2 aliphatic rings. The number of amides is 1. The van der Waals surface area contributed by atoms with Crippen molar-refractivity contribution in [3.8, 4) is 11.5 Å². The van der Waals surface area contributed by atoms with E-state index < -0.39 is 0 Å². The maximum Gasteiger partial charge on any atom is 0.277 e. The molecule has 150 valence electrons. The Morgan fingerprint density at radius 1 is 1.18 bits per heavy atom. The van der Waals surface area contributed by atoms with Gasteiger partial charge in [-0.15, -0.1) is 10.2 Å². The van der Waals surface area contributed by atoms with E-state index >= 15 is 0 Å². The van der Waals surface area contributed by atoms with Gasteiger partial charge in [-0.1, -0.05) is 23.4 Å². The van der Waals surface area contributed by atoms with E-state index in [2.05, 4.69) is 15.1 Å². The van der Waals surface area contributed by atoms with Gasteiger partial charge in [-0.25, -0.2) is 0 Å². The van der Waals surface area contributed by atoms with Crippen molar-refractivity contribution < 1.29 is 13.9 Å². The van der Waals surface area contributed by atoms with Crippen molar-refractivity contribution in [3.05, 3.63) is 29.3 Å². The van der Waals surface area contributed by atoms with Crippen LogP contribution in [-0.2, 0) is 9.53 Å². The first-order chi connectivity index (χ1) is 13.7. The van der Waals surface area contributed by atoms with Crippen LogP contribution in [0, 0.1) is 0 Å². The number of carbonyl (C=O) groups excluding carboxylic acids is 1. The van der Waals surface area contributed by atoms with Gasteiger partial charge in [-0.3, -0.25) is 9.69 Å². The smallest absolute Gasteiger partial charge is 0.277 e. The Kier molecular flexibility index (Phi) is 6.51. The van der Waals surface area contributed by atoms with Crippen molar-refractivity contribution in [2.24, 2.45) is 0 Å². The van der Waals surface area contributed by atoms with E-state index in [0.29, 0.717) is 28.0 Å². The van der Waals surface area contributed by atoms with E-state index in [9.17, 15) is 4.79 Å². The molecule has 1 amide bonds. The average Bonchev–Trinajstić information content (AvgIpc) is 3.39. The minimum absolute atomic E-state index is 0.105. The van der Waals surface area contributed by atoms with E-state index in [1.54, 1.807) is 12.1 Å². The fraction of sp³-hybridized carbons (Fsp3) is 0.526. The summed E-state index contributed by atoms with van der Waals surface area (Å²) in [6, 6.07) is 7.20. The Balaban J connectivity index is 1.22. The fourth-order valence-corrected chi connectivity index (χ4v) is 4.24. The summed E-state index contributed by atoms with van der Waals surface area (Å²) in [6.07, 6.45) is 2.68. The fourth-order valence-electron chi connectivity index (χ4n) is 3.45. The van der Waals surface area contributed by atoms with Crippen LogP contribution in [0.15, 0.2) is 33.9 Å². The van der Waals surface area contributed by atoms with Gasteiger partial charge in [0.1, 0.15) is 0 Å². The summed E-state index contributed by atoms with van der Waals surface area (Å²) in [7, 11) is 0. The number of rotatable bonds is 6. The molecular formula is C19H23ClN4O3S. The molecule has 2 aliphatic heterocycles. The zero-order valence-corrected chi connectivity index (χ0v) is 17.1. The number of ether oxygens (including phenoxy) is 1. The van der Waals surface area contributed by atoms with Crippen molar-refractivity contribution in [1.82, 2.24) is 20.0 Å². The lowest BCUT2D eigenvalue weighted by molar-refractivity contribution is -0.130. The van der Waals surface area contributed by atoms with Crippen LogP contribution in [0.1, 0.15) is 12.8 Å². The third-order valence-corrected chi connectivity index (χ3v) is 6.08. The highest BCUT2D eigenvalue weighted by atomic mass is 35.5. The molecule has 1 aromatic heterocycles. The highest BCUT2D eigenvalue weighted by Crippen LogP contribution is 2.24. The zero-order valence-electron chi connectivity index (χ0n) is 15.6. The lowest BCUT2D eigenvalue weighted by Crippen LogP contribution is -2.50. The van der Waals surface area contributed by atoms with Gasteiger partial charge in [0.25, 0.3) is 5.22 Å². The molecule has 2 saturated heterocycles. The summed E-state index contributed by atoms with van der Waals surface area (Å²) in [5.41, 5.74) is 0.803. The van der Waals surface area contributed by atoms with Crippen molar-refractivity contribution in [2.75, 3.05) is 45.1 Å². The van der Waals surface area contributed by atoms with Crippen molar-refractivity contribution >= 4 is 29.3 Å². The van der Waals surface area contributed by atoms with Crippen LogP contribution < -0.4 is 0 Å². The number of halogens is 1. The number of thioether (sulfide) groups is 1. The molecule has 0 radical (unpaired) electrons. The van der Waals surface area contributed by atoms with Crippen LogP contribution in [0.5, 0.6) is 0 Å². The molecular weight excluding hydrogens is 400 g/mol. The van der Waals surface area contributed by atoms with Gasteiger partial charge in [0.05, 0.1) is 11.9 Å². The van der Waals surface area contributed by atoms with E-state index in [1.807, 2.05) is 17.0 Å². The summed E-state index contributed by atoms with van der Waals surface area (Å²) in [5, 5.41) is 9.11. The molecule has 4 rings (SSSR count). The van der Waals surface area contributed by atoms with Crippen LogP contribution in [0.4, 0.5) is 0 Å². The Bertz CT molecular complexity index is 787. The van der Waals surface area contributed by atoms with Gasteiger partial charge in [-0.05, 0) is 37.1 Å². The number of nitrogens with zero attached hydrogens (tertiary/aromatic N) is 4. The summed E-state index contributed by atoms with van der Waals surface area (Å²) in [5.74, 6) is 0.830. The Hall–Kier alpha value is -1.61. The quantitative estimate of drug-likeness (QED) is 0.663. The second kappa shape index (κ2) is 9.26. The molecule has 0 saturated carbocycles. The minimum Gasteiger partial charge on any atom is -0.411 e. The second-order valence-corrected chi connectivity index (χ2v) is 8.35. The van der Waals surface area contributed by atoms with Crippen molar-refractivity contribution in [1.29, 1.82) is 0 Å². The predicted octanol–water partition coefficient (Wildman–Crippen LogP) is 2.81. The van der Waals surface area contributed by atoms with Gasteiger partial charge < -0.3 is 14.1 Å². The summed E-state index contributed by atoms with van der Waals surface area (Å²) in [4.78, 5) is 16.8. The van der Waals surface area contributed by atoms with Crippen LogP contribution in [0.25, 0.3) is 11.5 Å². The Labute approximate surface area is 173 Å². The molecule has 2 aromatic rings. The van der Waals surface area contributed by atoms with Crippen LogP contribution >= 0.6 is 23.4 Å². The third kappa shape index (κ3) is 5.05. The minimum atomic E-state index is 0.105. The van der Waals surface area contributed by atoms with Crippen LogP contribution in [0.3, 0.4) is 0 Å². The van der Waals surface area contributed by atoms with Gasteiger partial charge in [0.2, 0.25) is 11.8 Å². The second-order valence-electron chi connectivity index (χ2n) is 6.99. The average molecular weight is 423 g/mol. The van der Waals surface area contributed by atoms with Crippen molar-refractivity contribution in [2.45, 2.75) is 24.2 Å². The highest BCUT2D eigenvalue weighted by molar-refractivity contribution is 7.99. The standard InChI is InChI=1S/C19H23ClN4O3S/c20-15-5-3-14(4-6-15)18-21-22-19(27-18)28-13-17(25)24-9-7-23(8-10-24)12-16-2-1-11-26-16/h3-6,16H,1-2,7-13H2/t16-/m0/s1. The maximum atomic E-state index is 12.5. The maximum absolute atomic E-state index is 12.5. The highest BCUT2D eigenvalue weighted by Gasteiger charge is 2.25. The first-order valence-electron chi connectivity index (χ1n) is 9.51. The molecule has 2 fully saturated rings. The van der Waals surface area contributed by atoms with Gasteiger partial charge in [0.15, 0.2) is 0 Å². The van der Waals surface area contributed by atoms with Gasteiger partial charge in [0, 0.05) is 49.9 Å². The third-order valence-electron chi connectivity index (χ3n) is 5.03. The topological polar surface area (TPSA) is 71.7 Å². The van der Waals surface area contributed by atoms with Crippen LogP contribution in [-0.4, -0.2) is 77.1 Å². The number of aromatic nitrogens is 2. The molecule has 0 bridgehead atoms. The van der Waals surface area contributed by atoms with Gasteiger partial charge >= 0.3 is 0 Å². The SMILES string of the molecule is O=C(CSc1nnc(-c2ccc(Cl)cc2)o1)N1CCN(C[C@@H]2CCCO2)CC1. The lowest BCUT2D eigenvalue weighted by Gasteiger charge is -2.35. The number of benzene rings is 1. The number of carbonyl (C=O) groups is 1. The molecule has 0 unspecified atom stereocenters. The van der Waals surface area contributed by atoms with E-state index in [0.717, 1.165) is 57.7 Å². The molecule has 1 aromatic carbocycles. The monoisotopic (exact) mass is 422 g/mol. The largest absolute Gasteiger partial charge is 0.411 e. The molecule has 3 heterocycles. The Morgan fingerprint density at radius 2 is 1.96 bits per heavy atom. The molecule has 0 aliphatic carbocycles. The van der Waals surface area contributed by atoms with E-state index in [1.165, 1.54) is 11.8 Å². The molecule has 0 N–H and O–H groups in total.